The number of thiophene rings is 1. The number of carbonyl (C=O) groups excluding carboxylic acids is 1. The Balaban J connectivity index is 2.14. The van der Waals surface area contributed by atoms with Gasteiger partial charge in [0.1, 0.15) is 4.83 Å². The van der Waals surface area contributed by atoms with Gasteiger partial charge in [-0.2, -0.15) is 0 Å². The van der Waals surface area contributed by atoms with Gasteiger partial charge < -0.3 is 0 Å². The molecule has 16 heavy (non-hydrogen) atoms. The fourth-order valence-corrected chi connectivity index (χ4v) is 3.19. The molecule has 7 heteroatoms. The number of aromatic nitrogens is 2. The Kier molecular flexibility index (Phi) is 2.16. The molecule has 82 valence electrons. The molecule has 5 nitrogen and oxygen atoms in total. The lowest BCUT2D eigenvalue weighted by Gasteiger charge is -1.96. The second-order valence-corrected chi connectivity index (χ2v) is 5.01. The lowest BCUT2D eigenvalue weighted by Crippen LogP contribution is -2.20. The first-order valence-corrected chi connectivity index (χ1v) is 6.17. The third kappa shape index (κ3) is 1.33. The fraction of sp³-hybridized carbons (Fsp3) is 0.111. The van der Waals surface area contributed by atoms with E-state index in [0.717, 1.165) is 15.3 Å². The molecule has 0 atom stereocenters. The Morgan fingerprint density at radius 1 is 1.62 bits per heavy atom. The number of hydrogen-bond donors (Lipinski definition) is 1. The molecule has 3 aromatic rings. The summed E-state index contributed by atoms with van der Waals surface area (Å²) in [5, 5.41) is 1.97. The standard InChI is InChI=1S/C9H7N3O2S2/c1-14-11-7(13)6-4-5-8(16-6)10-9-12(5)2-3-15-9/h2-4H,1H3,(H,11,13). The van der Waals surface area contributed by atoms with E-state index in [1.54, 1.807) is 11.3 Å². The van der Waals surface area contributed by atoms with E-state index in [-0.39, 0.29) is 5.91 Å². The third-order valence-corrected chi connectivity index (χ3v) is 3.93. The molecule has 0 aliphatic rings. The summed E-state index contributed by atoms with van der Waals surface area (Å²) in [4.78, 5) is 22.9. The zero-order valence-electron chi connectivity index (χ0n) is 8.26. The summed E-state index contributed by atoms with van der Waals surface area (Å²) in [5.41, 5.74) is 3.25. The van der Waals surface area contributed by atoms with Crippen LogP contribution in [0.2, 0.25) is 0 Å². The maximum atomic E-state index is 11.5. The van der Waals surface area contributed by atoms with Gasteiger partial charge in [0.15, 0.2) is 4.96 Å². The van der Waals surface area contributed by atoms with Crippen molar-refractivity contribution >= 4 is 43.9 Å². The quantitative estimate of drug-likeness (QED) is 0.710. The molecule has 0 spiro atoms. The van der Waals surface area contributed by atoms with E-state index < -0.39 is 0 Å². The van der Waals surface area contributed by atoms with Crippen LogP contribution in [0.4, 0.5) is 0 Å². The molecule has 0 radical (unpaired) electrons. The SMILES string of the molecule is CONC(=O)c1cc2c(nc3sccn32)s1. The van der Waals surface area contributed by atoms with E-state index in [2.05, 4.69) is 15.3 Å². The van der Waals surface area contributed by atoms with E-state index in [1.165, 1.54) is 18.4 Å². The van der Waals surface area contributed by atoms with Crippen LogP contribution < -0.4 is 5.48 Å². The minimum absolute atomic E-state index is 0.241. The Morgan fingerprint density at radius 3 is 3.31 bits per heavy atom. The van der Waals surface area contributed by atoms with Gasteiger partial charge in [-0.15, -0.1) is 22.7 Å². The molecule has 3 heterocycles. The molecule has 1 amide bonds. The summed E-state index contributed by atoms with van der Waals surface area (Å²) in [7, 11) is 1.41. The Labute approximate surface area is 98.2 Å². The molecule has 0 aromatic carbocycles. The zero-order chi connectivity index (χ0) is 11.1. The van der Waals surface area contributed by atoms with Crippen molar-refractivity contribution in [2.24, 2.45) is 0 Å². The second-order valence-electron chi connectivity index (χ2n) is 3.10. The number of carbonyl (C=O) groups is 1. The van der Waals surface area contributed by atoms with Crippen LogP contribution in [0.3, 0.4) is 0 Å². The lowest BCUT2D eigenvalue weighted by molar-refractivity contribution is 0.0542. The predicted molar refractivity (Wildman–Crippen MR) is 62.9 cm³/mol. The molecule has 0 saturated carbocycles. The number of nitrogens with zero attached hydrogens (tertiary/aromatic N) is 2. The summed E-state index contributed by atoms with van der Waals surface area (Å²) in [6.45, 7) is 0. The van der Waals surface area contributed by atoms with Gasteiger partial charge in [0, 0.05) is 11.6 Å². The maximum absolute atomic E-state index is 11.5. The van der Waals surface area contributed by atoms with Crippen molar-refractivity contribution in [1.29, 1.82) is 0 Å². The number of hydrogen-bond acceptors (Lipinski definition) is 5. The average molecular weight is 253 g/mol. The van der Waals surface area contributed by atoms with Gasteiger partial charge in [-0.05, 0) is 6.07 Å². The van der Waals surface area contributed by atoms with E-state index >= 15 is 0 Å². The highest BCUT2D eigenvalue weighted by Gasteiger charge is 2.14. The van der Waals surface area contributed by atoms with Crippen molar-refractivity contribution in [1.82, 2.24) is 14.9 Å². The molecular formula is C9H7N3O2S2. The molecule has 3 aromatic heterocycles. The van der Waals surface area contributed by atoms with Crippen LogP contribution in [0, 0.1) is 0 Å². The van der Waals surface area contributed by atoms with Crippen LogP contribution in [0.5, 0.6) is 0 Å². The van der Waals surface area contributed by atoms with Crippen LogP contribution in [-0.2, 0) is 4.84 Å². The van der Waals surface area contributed by atoms with E-state index in [1.807, 2.05) is 22.0 Å². The van der Waals surface area contributed by atoms with E-state index in [9.17, 15) is 4.79 Å². The second kappa shape index (κ2) is 3.55. The van der Waals surface area contributed by atoms with Crippen LogP contribution in [0.1, 0.15) is 9.67 Å². The number of imidazole rings is 1. The minimum atomic E-state index is -0.241. The first-order chi connectivity index (χ1) is 7.79. The molecule has 0 unspecified atom stereocenters. The molecule has 0 bridgehead atoms. The number of hydroxylamine groups is 1. The lowest BCUT2D eigenvalue weighted by atomic mass is 10.4. The van der Waals surface area contributed by atoms with Gasteiger partial charge in [-0.3, -0.25) is 14.0 Å². The molecule has 3 rings (SSSR count). The summed E-state index contributed by atoms with van der Waals surface area (Å²) in [6.07, 6.45) is 1.94. The van der Waals surface area contributed by atoms with Crippen LogP contribution in [0.15, 0.2) is 17.6 Å². The number of amides is 1. The van der Waals surface area contributed by atoms with Gasteiger partial charge in [0.05, 0.1) is 17.5 Å². The summed E-state index contributed by atoms with van der Waals surface area (Å²) < 4.78 is 1.97. The van der Waals surface area contributed by atoms with Crippen LogP contribution >= 0.6 is 22.7 Å². The smallest absolute Gasteiger partial charge is 0.285 e. The molecule has 0 aliphatic heterocycles. The predicted octanol–water partition coefficient (Wildman–Crippen LogP) is 1.90. The highest BCUT2D eigenvalue weighted by Crippen LogP contribution is 2.27. The Bertz CT molecular complexity index is 667. The maximum Gasteiger partial charge on any atom is 0.285 e. The topological polar surface area (TPSA) is 55.6 Å². The first kappa shape index (κ1) is 9.76. The highest BCUT2D eigenvalue weighted by molar-refractivity contribution is 7.21. The monoisotopic (exact) mass is 253 g/mol. The summed E-state index contributed by atoms with van der Waals surface area (Å²) in [6, 6.07) is 1.82. The van der Waals surface area contributed by atoms with Gasteiger partial charge in [0.2, 0.25) is 0 Å². The van der Waals surface area contributed by atoms with Crippen molar-refractivity contribution < 1.29 is 9.63 Å². The number of thiazole rings is 1. The number of rotatable bonds is 2. The molecule has 0 fully saturated rings. The normalized spacial score (nSPS) is 11.3. The minimum Gasteiger partial charge on any atom is -0.289 e. The summed E-state index contributed by atoms with van der Waals surface area (Å²) in [5.74, 6) is -0.241. The Morgan fingerprint density at radius 2 is 2.50 bits per heavy atom. The highest BCUT2D eigenvalue weighted by atomic mass is 32.1. The van der Waals surface area contributed by atoms with E-state index in [4.69, 9.17) is 0 Å². The largest absolute Gasteiger partial charge is 0.289 e. The first-order valence-electron chi connectivity index (χ1n) is 4.48. The average Bonchev–Trinajstić information content (AvgIpc) is 2.87. The van der Waals surface area contributed by atoms with Crippen molar-refractivity contribution in [3.63, 3.8) is 0 Å². The van der Waals surface area contributed by atoms with Crippen LogP contribution in [0.25, 0.3) is 15.3 Å². The van der Waals surface area contributed by atoms with Gasteiger partial charge in [-0.25, -0.2) is 10.5 Å². The van der Waals surface area contributed by atoms with Crippen LogP contribution in [-0.4, -0.2) is 22.4 Å². The van der Waals surface area contributed by atoms with E-state index in [0.29, 0.717) is 4.88 Å². The molecular weight excluding hydrogens is 246 g/mol. The molecule has 1 N–H and O–H groups in total. The van der Waals surface area contributed by atoms with Crippen molar-refractivity contribution in [3.8, 4) is 0 Å². The molecule has 0 aliphatic carbocycles. The van der Waals surface area contributed by atoms with Crippen molar-refractivity contribution in [2.45, 2.75) is 0 Å². The van der Waals surface area contributed by atoms with Gasteiger partial charge in [-0.1, -0.05) is 0 Å². The fourth-order valence-electron chi connectivity index (χ4n) is 1.50. The zero-order valence-corrected chi connectivity index (χ0v) is 9.89. The van der Waals surface area contributed by atoms with Gasteiger partial charge >= 0.3 is 0 Å². The van der Waals surface area contributed by atoms with Gasteiger partial charge in [0.25, 0.3) is 5.91 Å². The number of fused-ring (bicyclic) bond motifs is 3. The molecule has 0 saturated heterocycles. The van der Waals surface area contributed by atoms with Crippen molar-refractivity contribution in [2.75, 3.05) is 7.11 Å². The third-order valence-electron chi connectivity index (χ3n) is 2.16. The summed E-state index contributed by atoms with van der Waals surface area (Å²) >= 11 is 2.93. The van der Waals surface area contributed by atoms with Crippen molar-refractivity contribution in [3.05, 3.63) is 22.5 Å². The Hall–Kier alpha value is -1.44. The number of nitrogens with one attached hydrogen (secondary N) is 1.